The van der Waals surface area contributed by atoms with Gasteiger partial charge in [-0.15, -0.1) is 11.3 Å². The lowest BCUT2D eigenvalue weighted by Crippen LogP contribution is -2.47. The van der Waals surface area contributed by atoms with Crippen LogP contribution in [-0.2, 0) is 11.2 Å². The number of carbonyl (C=O) groups excluding carboxylic acids is 1. The van der Waals surface area contributed by atoms with Crippen molar-refractivity contribution in [1.82, 2.24) is 15.6 Å². The van der Waals surface area contributed by atoms with Gasteiger partial charge in [-0.05, 0) is 62.9 Å². The minimum Gasteiger partial charge on any atom is -0.347 e. The van der Waals surface area contributed by atoms with Gasteiger partial charge >= 0.3 is 0 Å². The van der Waals surface area contributed by atoms with Crippen LogP contribution in [0.15, 0.2) is 24.3 Å². The molecule has 132 valence electrons. The summed E-state index contributed by atoms with van der Waals surface area (Å²) < 4.78 is 13.1. The lowest BCUT2D eigenvalue weighted by Gasteiger charge is -2.27. The first kappa shape index (κ1) is 16.7. The van der Waals surface area contributed by atoms with E-state index in [9.17, 15) is 9.18 Å². The van der Waals surface area contributed by atoms with E-state index in [4.69, 9.17) is 4.98 Å². The molecule has 1 fully saturated rings. The Bertz CT molecular complexity index is 753. The summed E-state index contributed by atoms with van der Waals surface area (Å²) in [7, 11) is 0. The van der Waals surface area contributed by atoms with E-state index in [1.165, 1.54) is 12.1 Å². The van der Waals surface area contributed by atoms with Gasteiger partial charge < -0.3 is 10.6 Å². The van der Waals surface area contributed by atoms with E-state index < -0.39 is 0 Å². The molecule has 0 saturated carbocycles. The van der Waals surface area contributed by atoms with E-state index in [2.05, 4.69) is 10.6 Å². The number of fused-ring (bicyclic) bond motifs is 1. The highest BCUT2D eigenvalue weighted by atomic mass is 32.1. The molecule has 2 aliphatic rings. The molecule has 1 aliphatic heterocycles. The summed E-state index contributed by atoms with van der Waals surface area (Å²) in [5.74, 6) is -0.135. The standard InChI is InChI=1S/C19H22FN3OS/c20-13-9-7-12(8-10-13)19-23-15-6-3-5-14(17(15)25-19)22-18(24)16-4-1-2-11-21-16/h7-10,14,16,21H,1-6,11H2,(H,22,24). The van der Waals surface area contributed by atoms with Gasteiger partial charge in [-0.2, -0.15) is 0 Å². The summed E-state index contributed by atoms with van der Waals surface area (Å²) in [4.78, 5) is 18.5. The molecule has 4 rings (SSSR count). The smallest absolute Gasteiger partial charge is 0.237 e. The summed E-state index contributed by atoms with van der Waals surface area (Å²) in [6.45, 7) is 0.920. The highest BCUT2D eigenvalue weighted by Crippen LogP contribution is 2.38. The number of hydrogen-bond acceptors (Lipinski definition) is 4. The molecular formula is C19H22FN3OS. The van der Waals surface area contributed by atoms with Crippen LogP contribution in [0.4, 0.5) is 4.39 Å². The number of hydrogen-bond donors (Lipinski definition) is 2. The fraction of sp³-hybridized carbons (Fsp3) is 0.474. The molecular weight excluding hydrogens is 337 g/mol. The average molecular weight is 359 g/mol. The number of nitrogens with zero attached hydrogens (tertiary/aromatic N) is 1. The van der Waals surface area contributed by atoms with E-state index >= 15 is 0 Å². The average Bonchev–Trinajstić information content (AvgIpc) is 3.08. The Morgan fingerprint density at radius 1 is 1.20 bits per heavy atom. The zero-order chi connectivity index (χ0) is 17.2. The molecule has 4 nitrogen and oxygen atoms in total. The molecule has 0 bridgehead atoms. The second-order valence-electron chi connectivity index (χ2n) is 6.79. The largest absolute Gasteiger partial charge is 0.347 e. The maximum atomic E-state index is 13.1. The summed E-state index contributed by atoms with van der Waals surface area (Å²) in [6, 6.07) is 6.43. The Labute approximate surface area is 150 Å². The van der Waals surface area contributed by atoms with Crippen LogP contribution in [0, 0.1) is 5.82 Å². The fourth-order valence-corrected chi connectivity index (χ4v) is 4.82. The predicted octanol–water partition coefficient (Wildman–Crippen LogP) is 3.58. The third-order valence-electron chi connectivity index (χ3n) is 4.98. The van der Waals surface area contributed by atoms with Crippen LogP contribution in [0.1, 0.15) is 48.7 Å². The molecule has 2 N–H and O–H groups in total. The number of rotatable bonds is 3. The van der Waals surface area contributed by atoms with Gasteiger partial charge in [0, 0.05) is 5.56 Å². The van der Waals surface area contributed by atoms with Crippen molar-refractivity contribution in [3.05, 3.63) is 40.7 Å². The monoisotopic (exact) mass is 359 g/mol. The second kappa shape index (κ2) is 7.22. The number of benzene rings is 1. The maximum Gasteiger partial charge on any atom is 0.237 e. The van der Waals surface area contributed by atoms with Gasteiger partial charge in [-0.3, -0.25) is 4.79 Å². The highest BCUT2D eigenvalue weighted by Gasteiger charge is 2.29. The molecule has 2 aromatic rings. The topological polar surface area (TPSA) is 54.0 Å². The van der Waals surface area contributed by atoms with E-state index in [0.717, 1.165) is 66.2 Å². The molecule has 2 unspecified atom stereocenters. The van der Waals surface area contributed by atoms with Crippen LogP contribution in [0.3, 0.4) is 0 Å². The Morgan fingerprint density at radius 2 is 2.04 bits per heavy atom. The molecule has 6 heteroatoms. The van der Waals surface area contributed by atoms with Crippen LogP contribution in [0.5, 0.6) is 0 Å². The van der Waals surface area contributed by atoms with E-state index in [1.807, 2.05) is 0 Å². The molecule has 1 aromatic heterocycles. The van der Waals surface area contributed by atoms with Gasteiger partial charge in [0.1, 0.15) is 10.8 Å². The van der Waals surface area contributed by atoms with Gasteiger partial charge in [0.25, 0.3) is 0 Å². The molecule has 1 saturated heterocycles. The molecule has 1 aromatic carbocycles. The number of amides is 1. The molecule has 1 amide bonds. The van der Waals surface area contributed by atoms with Gasteiger partial charge in [0.15, 0.2) is 0 Å². The van der Waals surface area contributed by atoms with E-state index in [-0.39, 0.29) is 23.8 Å². The van der Waals surface area contributed by atoms with Crippen molar-refractivity contribution >= 4 is 17.2 Å². The van der Waals surface area contributed by atoms with Crippen molar-refractivity contribution in [3.63, 3.8) is 0 Å². The third-order valence-corrected chi connectivity index (χ3v) is 6.25. The van der Waals surface area contributed by atoms with Crippen molar-refractivity contribution < 1.29 is 9.18 Å². The van der Waals surface area contributed by atoms with Crippen molar-refractivity contribution in [2.75, 3.05) is 6.54 Å². The Morgan fingerprint density at radius 3 is 2.80 bits per heavy atom. The zero-order valence-corrected chi connectivity index (χ0v) is 14.9. The van der Waals surface area contributed by atoms with E-state index in [0.29, 0.717) is 0 Å². The van der Waals surface area contributed by atoms with Crippen molar-refractivity contribution in [1.29, 1.82) is 0 Å². The first-order chi connectivity index (χ1) is 12.2. The first-order valence-corrected chi connectivity index (χ1v) is 9.81. The van der Waals surface area contributed by atoms with Gasteiger partial charge in [0.05, 0.1) is 22.7 Å². The number of thiazole rings is 1. The minimum absolute atomic E-state index is 0.0478. The number of piperidine rings is 1. The summed E-state index contributed by atoms with van der Waals surface area (Å²) >= 11 is 1.62. The lowest BCUT2D eigenvalue weighted by molar-refractivity contribution is -0.124. The number of halogens is 1. The molecule has 1 aliphatic carbocycles. The van der Waals surface area contributed by atoms with Crippen LogP contribution in [0.25, 0.3) is 10.6 Å². The maximum absolute atomic E-state index is 13.1. The van der Waals surface area contributed by atoms with Crippen molar-refractivity contribution in [3.8, 4) is 10.6 Å². The summed E-state index contributed by atoms with van der Waals surface area (Å²) in [5.41, 5.74) is 2.01. The third kappa shape index (κ3) is 3.60. The zero-order valence-electron chi connectivity index (χ0n) is 14.1. The van der Waals surface area contributed by atoms with E-state index in [1.54, 1.807) is 23.5 Å². The number of carbonyl (C=O) groups is 1. The lowest BCUT2D eigenvalue weighted by atomic mass is 9.97. The Hall–Kier alpha value is -1.79. The summed E-state index contributed by atoms with van der Waals surface area (Å²) in [6.07, 6.45) is 6.10. The SMILES string of the molecule is O=C(NC1CCCc2nc(-c3ccc(F)cc3)sc21)C1CCCCN1. The second-order valence-corrected chi connectivity index (χ2v) is 7.82. The van der Waals surface area contributed by atoms with Gasteiger partial charge in [-0.25, -0.2) is 9.37 Å². The Kier molecular flexibility index (Phi) is 4.81. The number of aromatic nitrogens is 1. The normalized spacial score (nSPS) is 23.1. The van der Waals surface area contributed by atoms with Gasteiger partial charge in [0.2, 0.25) is 5.91 Å². The van der Waals surface area contributed by atoms with Crippen LogP contribution >= 0.6 is 11.3 Å². The molecule has 25 heavy (non-hydrogen) atoms. The fourth-order valence-electron chi connectivity index (χ4n) is 3.62. The van der Waals surface area contributed by atoms with Crippen LogP contribution in [-0.4, -0.2) is 23.5 Å². The van der Waals surface area contributed by atoms with Crippen molar-refractivity contribution in [2.24, 2.45) is 0 Å². The molecule has 0 radical (unpaired) electrons. The predicted molar refractivity (Wildman–Crippen MR) is 97.0 cm³/mol. The summed E-state index contributed by atoms with van der Waals surface area (Å²) in [5, 5.41) is 7.44. The first-order valence-electron chi connectivity index (χ1n) is 9.00. The van der Waals surface area contributed by atoms with Gasteiger partial charge in [-0.1, -0.05) is 6.42 Å². The molecule has 2 heterocycles. The van der Waals surface area contributed by atoms with Crippen LogP contribution < -0.4 is 10.6 Å². The number of aryl methyl sites for hydroxylation is 1. The number of nitrogens with one attached hydrogen (secondary N) is 2. The Balaban J connectivity index is 1.53. The minimum atomic E-state index is -0.241. The van der Waals surface area contributed by atoms with Crippen molar-refractivity contribution in [2.45, 2.75) is 50.6 Å². The molecule has 0 spiro atoms. The quantitative estimate of drug-likeness (QED) is 0.881. The molecule has 2 atom stereocenters. The van der Waals surface area contributed by atoms with Crippen LogP contribution in [0.2, 0.25) is 0 Å². The highest BCUT2D eigenvalue weighted by molar-refractivity contribution is 7.15.